The van der Waals surface area contributed by atoms with Gasteiger partial charge in [-0.15, -0.1) is 11.3 Å². The number of rotatable bonds is 3. The summed E-state index contributed by atoms with van der Waals surface area (Å²) in [5, 5.41) is 12.3. The Morgan fingerprint density at radius 1 is 1.38 bits per heavy atom. The number of thiazole rings is 1. The number of hydrogen-bond donors (Lipinski definition) is 1. The van der Waals surface area contributed by atoms with Gasteiger partial charge in [-0.3, -0.25) is 4.98 Å². The van der Waals surface area contributed by atoms with Crippen molar-refractivity contribution < 1.29 is 5.11 Å². The lowest BCUT2D eigenvalue weighted by Crippen LogP contribution is -2.12. The summed E-state index contributed by atoms with van der Waals surface area (Å²) >= 11 is 1.60. The van der Waals surface area contributed by atoms with Gasteiger partial charge in [0.05, 0.1) is 18.0 Å². The molecule has 0 amide bonds. The van der Waals surface area contributed by atoms with E-state index in [4.69, 9.17) is 0 Å². The molecule has 16 heavy (non-hydrogen) atoms. The molecule has 0 aliphatic heterocycles. The van der Waals surface area contributed by atoms with Crippen molar-refractivity contribution >= 4 is 11.3 Å². The maximum absolute atomic E-state index is 9.34. The van der Waals surface area contributed by atoms with Gasteiger partial charge in [0.2, 0.25) is 0 Å². The molecule has 0 radical (unpaired) electrons. The molecule has 3 rings (SSSR count). The van der Waals surface area contributed by atoms with Crippen LogP contribution in [0.3, 0.4) is 0 Å². The van der Waals surface area contributed by atoms with Crippen LogP contribution in [0.1, 0.15) is 18.5 Å². The lowest BCUT2D eigenvalue weighted by molar-refractivity contribution is 0.253. The Morgan fingerprint density at radius 3 is 2.88 bits per heavy atom. The highest BCUT2D eigenvalue weighted by molar-refractivity contribution is 7.13. The van der Waals surface area contributed by atoms with E-state index in [-0.39, 0.29) is 12.0 Å². The Hall–Kier alpha value is -1.26. The number of pyridine rings is 1. The average molecular weight is 232 g/mol. The predicted octanol–water partition coefficient (Wildman–Crippen LogP) is 2.23. The molecule has 4 heteroatoms. The lowest BCUT2D eigenvalue weighted by Gasteiger charge is -2.06. The van der Waals surface area contributed by atoms with Crippen LogP contribution in [-0.4, -0.2) is 21.7 Å². The largest absolute Gasteiger partial charge is 0.395 e. The van der Waals surface area contributed by atoms with Gasteiger partial charge in [-0.2, -0.15) is 0 Å². The summed E-state index contributed by atoms with van der Waals surface area (Å²) in [5.74, 6) is 0. The maximum atomic E-state index is 9.34. The molecule has 1 saturated carbocycles. The van der Waals surface area contributed by atoms with E-state index in [1.807, 2.05) is 23.6 Å². The highest BCUT2D eigenvalue weighted by atomic mass is 32.1. The van der Waals surface area contributed by atoms with Crippen molar-refractivity contribution in [3.63, 3.8) is 0 Å². The molecule has 1 aliphatic rings. The van der Waals surface area contributed by atoms with E-state index >= 15 is 0 Å². The van der Waals surface area contributed by atoms with Gasteiger partial charge in [0.1, 0.15) is 5.01 Å². The molecule has 82 valence electrons. The maximum Gasteiger partial charge on any atom is 0.142 e. The molecule has 0 aromatic carbocycles. The van der Waals surface area contributed by atoms with Crippen LogP contribution in [0.15, 0.2) is 29.8 Å². The van der Waals surface area contributed by atoms with E-state index in [2.05, 4.69) is 9.97 Å². The van der Waals surface area contributed by atoms with Crippen LogP contribution < -0.4 is 0 Å². The minimum Gasteiger partial charge on any atom is -0.395 e. The van der Waals surface area contributed by atoms with Gasteiger partial charge in [-0.25, -0.2) is 4.98 Å². The van der Waals surface area contributed by atoms with Crippen LogP contribution >= 0.6 is 11.3 Å². The van der Waals surface area contributed by atoms with Gasteiger partial charge < -0.3 is 5.11 Å². The van der Waals surface area contributed by atoms with Crippen LogP contribution in [0.4, 0.5) is 0 Å². The molecular formula is C12H12N2OS. The fraction of sp³-hybridized carbons (Fsp3) is 0.333. The third kappa shape index (κ3) is 1.54. The molecule has 2 aromatic heterocycles. The van der Waals surface area contributed by atoms with Crippen molar-refractivity contribution in [3.8, 4) is 10.7 Å². The van der Waals surface area contributed by atoms with Gasteiger partial charge >= 0.3 is 0 Å². The Labute approximate surface area is 97.8 Å². The monoisotopic (exact) mass is 232 g/mol. The summed E-state index contributed by atoms with van der Waals surface area (Å²) in [7, 11) is 0. The number of nitrogens with zero attached hydrogens (tertiary/aromatic N) is 2. The third-order valence-electron chi connectivity index (χ3n) is 3.09. The van der Waals surface area contributed by atoms with E-state index < -0.39 is 0 Å². The third-order valence-corrected chi connectivity index (χ3v) is 3.95. The second-order valence-corrected chi connectivity index (χ2v) is 5.05. The first kappa shape index (κ1) is 9.93. The molecule has 0 spiro atoms. The fourth-order valence-electron chi connectivity index (χ4n) is 1.77. The Kier molecular flexibility index (Phi) is 2.26. The van der Waals surface area contributed by atoms with Crippen molar-refractivity contribution in [2.75, 3.05) is 6.61 Å². The molecule has 2 aromatic rings. The Bertz CT molecular complexity index is 491. The van der Waals surface area contributed by atoms with Crippen molar-refractivity contribution in [2.24, 2.45) is 0 Å². The minimum atomic E-state index is -0.0382. The summed E-state index contributed by atoms with van der Waals surface area (Å²) in [6.07, 6.45) is 3.87. The first-order chi connectivity index (χ1) is 7.84. The van der Waals surface area contributed by atoms with Crippen molar-refractivity contribution in [1.82, 2.24) is 9.97 Å². The second kappa shape index (κ2) is 3.64. The zero-order valence-corrected chi connectivity index (χ0v) is 9.57. The number of aromatic nitrogens is 2. The van der Waals surface area contributed by atoms with Gasteiger partial charge in [0.15, 0.2) is 0 Å². The van der Waals surface area contributed by atoms with Crippen LogP contribution in [0.2, 0.25) is 0 Å². The molecule has 0 bridgehead atoms. The van der Waals surface area contributed by atoms with E-state index in [1.54, 1.807) is 17.5 Å². The van der Waals surface area contributed by atoms with Crippen LogP contribution in [0.25, 0.3) is 10.7 Å². The van der Waals surface area contributed by atoms with Crippen LogP contribution in [-0.2, 0) is 5.41 Å². The number of aliphatic hydroxyl groups is 1. The van der Waals surface area contributed by atoms with E-state index in [9.17, 15) is 5.11 Å². The highest BCUT2D eigenvalue weighted by Crippen LogP contribution is 2.48. The molecule has 1 N–H and O–H groups in total. The first-order valence-electron chi connectivity index (χ1n) is 5.32. The zero-order valence-electron chi connectivity index (χ0n) is 8.76. The molecular weight excluding hydrogens is 220 g/mol. The quantitative estimate of drug-likeness (QED) is 0.882. The molecule has 1 aliphatic carbocycles. The summed E-state index contributed by atoms with van der Waals surface area (Å²) in [5.41, 5.74) is 1.90. The van der Waals surface area contributed by atoms with Gasteiger partial charge in [0, 0.05) is 17.0 Å². The highest BCUT2D eigenvalue weighted by Gasteiger charge is 2.45. The second-order valence-electron chi connectivity index (χ2n) is 4.19. The number of aliphatic hydroxyl groups excluding tert-OH is 1. The summed E-state index contributed by atoms with van der Waals surface area (Å²) in [4.78, 5) is 8.86. The number of hydrogen-bond acceptors (Lipinski definition) is 4. The normalized spacial score (nSPS) is 17.3. The molecule has 3 nitrogen and oxygen atoms in total. The first-order valence-corrected chi connectivity index (χ1v) is 6.20. The smallest absolute Gasteiger partial charge is 0.142 e. The minimum absolute atomic E-state index is 0.0382. The van der Waals surface area contributed by atoms with E-state index in [0.29, 0.717) is 0 Å². The fourth-order valence-corrected chi connectivity index (χ4v) is 2.69. The SMILES string of the molecule is OCC1(c2csc(-c3ccccn3)n2)CC1. The lowest BCUT2D eigenvalue weighted by atomic mass is 10.1. The predicted molar refractivity (Wildman–Crippen MR) is 63.3 cm³/mol. The summed E-state index contributed by atoms with van der Waals surface area (Å²) in [6, 6.07) is 5.82. The molecule has 2 heterocycles. The van der Waals surface area contributed by atoms with E-state index in [0.717, 1.165) is 29.2 Å². The van der Waals surface area contributed by atoms with Crippen molar-refractivity contribution in [2.45, 2.75) is 18.3 Å². The Morgan fingerprint density at radius 2 is 2.25 bits per heavy atom. The van der Waals surface area contributed by atoms with Crippen molar-refractivity contribution in [1.29, 1.82) is 0 Å². The molecule has 0 atom stereocenters. The van der Waals surface area contributed by atoms with E-state index in [1.165, 1.54) is 0 Å². The van der Waals surface area contributed by atoms with Gasteiger partial charge in [-0.1, -0.05) is 6.07 Å². The van der Waals surface area contributed by atoms with Crippen LogP contribution in [0, 0.1) is 0 Å². The standard InChI is InChI=1S/C12H12N2OS/c15-8-12(4-5-12)10-7-16-11(14-10)9-3-1-2-6-13-9/h1-3,6-7,15H,4-5,8H2. The van der Waals surface area contributed by atoms with Gasteiger partial charge in [-0.05, 0) is 25.0 Å². The van der Waals surface area contributed by atoms with Crippen molar-refractivity contribution in [3.05, 3.63) is 35.5 Å². The molecule has 1 fully saturated rings. The van der Waals surface area contributed by atoms with Gasteiger partial charge in [0.25, 0.3) is 0 Å². The summed E-state index contributed by atoms with van der Waals surface area (Å²) in [6.45, 7) is 0.207. The average Bonchev–Trinajstić information content (AvgIpc) is 3.00. The molecule has 0 saturated heterocycles. The summed E-state index contributed by atoms with van der Waals surface area (Å²) < 4.78 is 0. The topological polar surface area (TPSA) is 46.0 Å². The van der Waals surface area contributed by atoms with Crippen LogP contribution in [0.5, 0.6) is 0 Å². The Balaban J connectivity index is 1.94. The zero-order chi connectivity index (χ0) is 11.0. The molecule has 0 unspecified atom stereocenters.